The van der Waals surface area contributed by atoms with Gasteiger partial charge in [0, 0.05) is 0 Å². The van der Waals surface area contributed by atoms with Gasteiger partial charge in [-0.15, -0.1) is 0 Å². The molecule has 3 N–H and O–H groups in total. The standard InChI is InChI=1S/C11H17N3/c1-9-7-10(14-8-11(9)12)5-3-4-6-13-2/h3,5,7-8,13H,4,6,12H2,1-2H3. The molecule has 1 heterocycles. The maximum absolute atomic E-state index is 5.67. The summed E-state index contributed by atoms with van der Waals surface area (Å²) in [6.45, 7) is 2.98. The molecule has 0 amide bonds. The van der Waals surface area contributed by atoms with E-state index in [-0.39, 0.29) is 0 Å². The molecular weight excluding hydrogens is 174 g/mol. The van der Waals surface area contributed by atoms with Crippen LogP contribution in [0.25, 0.3) is 6.08 Å². The Balaban J connectivity index is 2.59. The van der Waals surface area contributed by atoms with E-state index in [2.05, 4.69) is 16.4 Å². The fraction of sp³-hybridized carbons (Fsp3) is 0.364. The minimum atomic E-state index is 0.748. The zero-order chi connectivity index (χ0) is 10.4. The molecule has 0 spiro atoms. The van der Waals surface area contributed by atoms with Crippen LogP contribution in [0, 0.1) is 6.92 Å². The van der Waals surface area contributed by atoms with Gasteiger partial charge < -0.3 is 11.1 Å². The highest BCUT2D eigenvalue weighted by Gasteiger charge is 1.93. The summed E-state index contributed by atoms with van der Waals surface area (Å²) in [7, 11) is 1.94. The van der Waals surface area contributed by atoms with Gasteiger partial charge in [-0.25, -0.2) is 0 Å². The molecule has 3 nitrogen and oxygen atoms in total. The van der Waals surface area contributed by atoms with Gasteiger partial charge in [-0.05, 0) is 44.6 Å². The van der Waals surface area contributed by atoms with Crippen molar-refractivity contribution in [2.24, 2.45) is 0 Å². The average Bonchev–Trinajstić information content (AvgIpc) is 2.18. The van der Waals surface area contributed by atoms with Gasteiger partial charge in [-0.1, -0.05) is 6.08 Å². The predicted octanol–water partition coefficient (Wildman–Crippen LogP) is 1.59. The summed E-state index contributed by atoms with van der Waals surface area (Å²) in [5.74, 6) is 0. The van der Waals surface area contributed by atoms with E-state index in [0.29, 0.717) is 0 Å². The van der Waals surface area contributed by atoms with Crippen molar-refractivity contribution in [2.45, 2.75) is 13.3 Å². The van der Waals surface area contributed by atoms with Crippen LogP contribution in [0.4, 0.5) is 5.69 Å². The van der Waals surface area contributed by atoms with Crippen molar-refractivity contribution < 1.29 is 0 Å². The smallest absolute Gasteiger partial charge is 0.0630 e. The second-order valence-corrected chi connectivity index (χ2v) is 3.26. The molecule has 0 aliphatic carbocycles. The molecular formula is C11H17N3. The topological polar surface area (TPSA) is 50.9 Å². The van der Waals surface area contributed by atoms with E-state index in [4.69, 9.17) is 5.73 Å². The maximum atomic E-state index is 5.67. The van der Waals surface area contributed by atoms with Crippen LogP contribution in [-0.2, 0) is 0 Å². The van der Waals surface area contributed by atoms with Crippen molar-refractivity contribution in [3.63, 3.8) is 0 Å². The molecule has 0 atom stereocenters. The lowest BCUT2D eigenvalue weighted by Gasteiger charge is -1.99. The Morgan fingerprint density at radius 2 is 2.36 bits per heavy atom. The summed E-state index contributed by atoms with van der Waals surface area (Å²) in [4.78, 5) is 4.20. The molecule has 0 radical (unpaired) electrons. The largest absolute Gasteiger partial charge is 0.397 e. The van der Waals surface area contributed by atoms with Crippen LogP contribution < -0.4 is 11.1 Å². The lowest BCUT2D eigenvalue weighted by atomic mass is 10.2. The van der Waals surface area contributed by atoms with Crippen molar-refractivity contribution in [1.82, 2.24) is 10.3 Å². The summed E-state index contributed by atoms with van der Waals surface area (Å²) in [5.41, 5.74) is 8.46. The SMILES string of the molecule is CNCCC=Cc1cc(C)c(N)cn1. The van der Waals surface area contributed by atoms with E-state index in [1.54, 1.807) is 6.20 Å². The van der Waals surface area contributed by atoms with Gasteiger partial charge in [0.2, 0.25) is 0 Å². The molecule has 1 rings (SSSR count). The Kier molecular flexibility index (Phi) is 4.13. The monoisotopic (exact) mass is 191 g/mol. The van der Waals surface area contributed by atoms with Gasteiger partial charge >= 0.3 is 0 Å². The van der Waals surface area contributed by atoms with Gasteiger partial charge in [0.25, 0.3) is 0 Å². The predicted molar refractivity (Wildman–Crippen MR) is 61.0 cm³/mol. The number of aryl methyl sites for hydroxylation is 1. The first-order valence-electron chi connectivity index (χ1n) is 4.77. The van der Waals surface area contributed by atoms with E-state index < -0.39 is 0 Å². The Hall–Kier alpha value is -1.35. The van der Waals surface area contributed by atoms with Gasteiger partial charge in [0.1, 0.15) is 0 Å². The number of hydrogen-bond donors (Lipinski definition) is 2. The molecule has 1 aromatic heterocycles. The van der Waals surface area contributed by atoms with Crippen molar-refractivity contribution in [3.8, 4) is 0 Å². The van der Waals surface area contributed by atoms with Crippen LogP contribution in [0.2, 0.25) is 0 Å². The maximum Gasteiger partial charge on any atom is 0.0630 e. The van der Waals surface area contributed by atoms with Crippen molar-refractivity contribution >= 4 is 11.8 Å². The molecule has 0 unspecified atom stereocenters. The van der Waals surface area contributed by atoms with E-state index >= 15 is 0 Å². The molecule has 0 bridgehead atoms. The first-order chi connectivity index (χ1) is 6.74. The third-order valence-corrected chi connectivity index (χ3v) is 2.02. The third-order valence-electron chi connectivity index (χ3n) is 2.02. The summed E-state index contributed by atoms with van der Waals surface area (Å²) in [5, 5.41) is 3.08. The average molecular weight is 191 g/mol. The number of nitrogen functional groups attached to an aromatic ring is 1. The first kappa shape index (κ1) is 10.7. The van der Waals surface area contributed by atoms with Crippen LogP contribution in [0.15, 0.2) is 18.3 Å². The Morgan fingerprint density at radius 3 is 3.00 bits per heavy atom. The highest BCUT2D eigenvalue weighted by molar-refractivity contribution is 5.52. The minimum Gasteiger partial charge on any atom is -0.397 e. The molecule has 0 aliphatic rings. The molecule has 3 heteroatoms. The zero-order valence-electron chi connectivity index (χ0n) is 8.75. The molecule has 0 aliphatic heterocycles. The lowest BCUT2D eigenvalue weighted by Crippen LogP contribution is -2.05. The molecule has 14 heavy (non-hydrogen) atoms. The van der Waals surface area contributed by atoms with Crippen molar-refractivity contribution in [3.05, 3.63) is 29.6 Å². The molecule has 0 aromatic carbocycles. The number of nitrogens with zero attached hydrogens (tertiary/aromatic N) is 1. The third kappa shape index (κ3) is 3.18. The van der Waals surface area contributed by atoms with E-state index in [0.717, 1.165) is 29.9 Å². The molecule has 0 fully saturated rings. The minimum absolute atomic E-state index is 0.748. The van der Waals surface area contributed by atoms with E-state index in [1.165, 1.54) is 0 Å². The molecule has 0 saturated heterocycles. The first-order valence-corrected chi connectivity index (χ1v) is 4.77. The number of nitrogens with two attached hydrogens (primary N) is 1. The van der Waals surface area contributed by atoms with Crippen molar-refractivity contribution in [1.29, 1.82) is 0 Å². The number of pyridine rings is 1. The fourth-order valence-corrected chi connectivity index (χ4v) is 1.11. The summed E-state index contributed by atoms with van der Waals surface area (Å²) >= 11 is 0. The quantitative estimate of drug-likeness (QED) is 0.711. The molecule has 1 aromatic rings. The number of aromatic nitrogens is 1. The lowest BCUT2D eigenvalue weighted by molar-refractivity contribution is 0.809. The number of hydrogen-bond acceptors (Lipinski definition) is 3. The Labute approximate surface area is 85.0 Å². The normalized spacial score (nSPS) is 11.0. The number of anilines is 1. The van der Waals surface area contributed by atoms with Crippen LogP contribution >= 0.6 is 0 Å². The number of rotatable bonds is 4. The Bertz CT molecular complexity index is 318. The highest BCUT2D eigenvalue weighted by Crippen LogP contribution is 2.10. The number of nitrogens with one attached hydrogen (secondary N) is 1. The van der Waals surface area contributed by atoms with Gasteiger partial charge in [0.15, 0.2) is 0 Å². The van der Waals surface area contributed by atoms with Crippen LogP contribution in [0.3, 0.4) is 0 Å². The summed E-state index contributed by atoms with van der Waals surface area (Å²) < 4.78 is 0. The Morgan fingerprint density at radius 1 is 1.57 bits per heavy atom. The fourth-order valence-electron chi connectivity index (χ4n) is 1.11. The van der Waals surface area contributed by atoms with Crippen molar-refractivity contribution in [2.75, 3.05) is 19.3 Å². The molecule has 76 valence electrons. The van der Waals surface area contributed by atoms with Crippen LogP contribution in [0.1, 0.15) is 17.7 Å². The second kappa shape index (κ2) is 5.40. The van der Waals surface area contributed by atoms with Gasteiger partial charge in [0.05, 0.1) is 17.6 Å². The van der Waals surface area contributed by atoms with Crippen LogP contribution in [0.5, 0.6) is 0 Å². The van der Waals surface area contributed by atoms with E-state index in [1.807, 2.05) is 26.1 Å². The zero-order valence-corrected chi connectivity index (χ0v) is 8.75. The van der Waals surface area contributed by atoms with Gasteiger partial charge in [-0.3, -0.25) is 4.98 Å². The highest BCUT2D eigenvalue weighted by atomic mass is 14.8. The van der Waals surface area contributed by atoms with Crippen LogP contribution in [-0.4, -0.2) is 18.6 Å². The summed E-state index contributed by atoms with van der Waals surface area (Å²) in [6, 6.07) is 1.99. The van der Waals surface area contributed by atoms with Gasteiger partial charge in [-0.2, -0.15) is 0 Å². The summed E-state index contributed by atoms with van der Waals surface area (Å²) in [6.07, 6.45) is 6.84. The van der Waals surface area contributed by atoms with E-state index in [9.17, 15) is 0 Å². The molecule has 0 saturated carbocycles. The second-order valence-electron chi connectivity index (χ2n) is 3.26.